The van der Waals surface area contributed by atoms with E-state index >= 15 is 0 Å². The fourth-order valence-corrected chi connectivity index (χ4v) is 3.64. The van der Waals surface area contributed by atoms with E-state index in [4.69, 9.17) is 15.2 Å². The molecule has 0 atom stereocenters. The Morgan fingerprint density at radius 2 is 1.97 bits per heavy atom. The van der Waals surface area contributed by atoms with Gasteiger partial charge in [0.25, 0.3) is 11.1 Å². The van der Waals surface area contributed by atoms with Gasteiger partial charge in [0, 0.05) is 0 Å². The molecule has 2 N–H and O–H groups in total. The second-order valence-electron chi connectivity index (χ2n) is 6.42. The Hall–Kier alpha value is -3.26. The Balaban J connectivity index is 1.76. The van der Waals surface area contributed by atoms with E-state index in [-0.39, 0.29) is 4.91 Å². The number of thioether (sulfide) groups is 1. The third kappa shape index (κ3) is 4.97. The highest BCUT2D eigenvalue weighted by molar-refractivity contribution is 8.18. The molecule has 29 heavy (non-hydrogen) atoms. The minimum Gasteiger partial charge on any atom is -0.493 e. The van der Waals surface area contributed by atoms with Crippen molar-refractivity contribution in [1.82, 2.24) is 4.90 Å². The summed E-state index contributed by atoms with van der Waals surface area (Å²) in [5.41, 5.74) is 7.94. The normalized spacial score (nSPS) is 15.1. The molecule has 0 unspecified atom stereocenters. The number of imide groups is 1. The molecule has 1 aliphatic heterocycles. The lowest BCUT2D eigenvalue weighted by Crippen LogP contribution is -2.36. The molecule has 0 spiro atoms. The van der Waals surface area contributed by atoms with E-state index in [2.05, 4.69) is 0 Å². The van der Waals surface area contributed by atoms with E-state index < -0.39 is 23.6 Å². The van der Waals surface area contributed by atoms with E-state index in [9.17, 15) is 14.4 Å². The summed E-state index contributed by atoms with van der Waals surface area (Å²) >= 11 is 0.764. The van der Waals surface area contributed by atoms with Crippen molar-refractivity contribution in [2.75, 3.05) is 13.7 Å². The largest absolute Gasteiger partial charge is 0.493 e. The summed E-state index contributed by atoms with van der Waals surface area (Å²) in [6, 6.07) is 13.2. The molecular weight excluding hydrogens is 392 g/mol. The molecule has 0 aliphatic carbocycles. The third-order valence-electron chi connectivity index (χ3n) is 4.15. The van der Waals surface area contributed by atoms with Gasteiger partial charge in [-0.2, -0.15) is 0 Å². The number of benzene rings is 2. The number of hydrogen-bond acceptors (Lipinski definition) is 6. The number of ether oxygens (including phenoxy) is 2. The zero-order valence-corrected chi connectivity index (χ0v) is 16.8. The quantitative estimate of drug-likeness (QED) is 0.702. The summed E-state index contributed by atoms with van der Waals surface area (Å²) in [5.74, 6) is -0.223. The van der Waals surface area contributed by atoms with Crippen LogP contribution in [0.25, 0.3) is 6.08 Å². The second-order valence-corrected chi connectivity index (χ2v) is 7.42. The van der Waals surface area contributed by atoms with Gasteiger partial charge < -0.3 is 15.2 Å². The zero-order chi connectivity index (χ0) is 21.0. The summed E-state index contributed by atoms with van der Waals surface area (Å²) in [6.45, 7) is 1.98. The van der Waals surface area contributed by atoms with Gasteiger partial charge in [0.1, 0.15) is 13.2 Å². The fraction of sp³-hybridized carbons (Fsp3) is 0.190. The van der Waals surface area contributed by atoms with Gasteiger partial charge in [-0.15, -0.1) is 0 Å². The van der Waals surface area contributed by atoms with Crippen molar-refractivity contribution in [3.63, 3.8) is 0 Å². The lowest BCUT2D eigenvalue weighted by Gasteiger charge is -2.12. The van der Waals surface area contributed by atoms with Gasteiger partial charge in [-0.1, -0.05) is 35.9 Å². The highest BCUT2D eigenvalue weighted by Crippen LogP contribution is 2.34. The summed E-state index contributed by atoms with van der Waals surface area (Å²) in [7, 11) is 1.53. The molecule has 3 amide bonds. The number of aryl methyl sites for hydroxylation is 1. The second kappa shape index (κ2) is 8.83. The van der Waals surface area contributed by atoms with Crippen LogP contribution in [-0.4, -0.2) is 35.6 Å². The first-order chi connectivity index (χ1) is 13.9. The molecule has 1 heterocycles. The average Bonchev–Trinajstić information content (AvgIpc) is 2.94. The van der Waals surface area contributed by atoms with E-state index in [0.717, 1.165) is 27.8 Å². The molecule has 0 aromatic heterocycles. The van der Waals surface area contributed by atoms with E-state index in [0.29, 0.717) is 23.7 Å². The highest BCUT2D eigenvalue weighted by Gasteiger charge is 2.35. The Kier molecular flexibility index (Phi) is 6.23. The summed E-state index contributed by atoms with van der Waals surface area (Å²) in [5, 5.41) is -0.523. The Morgan fingerprint density at radius 3 is 2.66 bits per heavy atom. The van der Waals surface area contributed by atoms with Crippen molar-refractivity contribution in [3.8, 4) is 11.5 Å². The first-order valence-electron chi connectivity index (χ1n) is 8.77. The van der Waals surface area contributed by atoms with Crippen molar-refractivity contribution in [3.05, 3.63) is 64.1 Å². The molecule has 1 saturated heterocycles. The summed E-state index contributed by atoms with van der Waals surface area (Å²) in [4.78, 5) is 36.3. The average molecular weight is 412 g/mol. The minimum absolute atomic E-state index is 0.215. The number of methoxy groups -OCH3 is 1. The number of nitrogens with two attached hydrogens (primary N) is 1. The zero-order valence-electron chi connectivity index (χ0n) is 16.0. The number of rotatable bonds is 7. The molecule has 2 aromatic rings. The number of carbonyl (C=O) groups excluding carboxylic acids is 3. The van der Waals surface area contributed by atoms with E-state index in [1.165, 1.54) is 7.11 Å². The standard InChI is InChI=1S/C21H20N2O5S/c1-13-4-3-5-15(8-13)12-28-16-7-6-14(9-17(16)27-2)10-18-20(25)23(11-19(22)24)21(26)29-18/h3-10H,11-12H2,1-2H3,(H2,22,24)/b18-10-. The first-order valence-corrected chi connectivity index (χ1v) is 9.59. The summed E-state index contributed by atoms with van der Waals surface area (Å²) in [6.07, 6.45) is 1.57. The van der Waals surface area contributed by atoms with Crippen molar-refractivity contribution in [1.29, 1.82) is 0 Å². The van der Waals surface area contributed by atoms with Crippen LogP contribution >= 0.6 is 11.8 Å². The van der Waals surface area contributed by atoms with Crippen LogP contribution in [0.1, 0.15) is 16.7 Å². The van der Waals surface area contributed by atoms with Crippen LogP contribution in [0.15, 0.2) is 47.4 Å². The molecule has 1 aliphatic rings. The molecule has 0 saturated carbocycles. The molecule has 1 fully saturated rings. The maximum Gasteiger partial charge on any atom is 0.294 e. The van der Waals surface area contributed by atoms with Crippen LogP contribution in [-0.2, 0) is 16.2 Å². The minimum atomic E-state index is -0.745. The Labute approximate surface area is 172 Å². The highest BCUT2D eigenvalue weighted by atomic mass is 32.2. The molecule has 0 radical (unpaired) electrons. The SMILES string of the molecule is COc1cc(/C=C2\SC(=O)N(CC(N)=O)C2=O)ccc1OCc1cccc(C)c1. The molecule has 8 heteroatoms. The summed E-state index contributed by atoms with van der Waals surface area (Å²) < 4.78 is 11.3. The lowest BCUT2D eigenvalue weighted by atomic mass is 10.1. The van der Waals surface area contributed by atoms with Crippen LogP contribution in [0, 0.1) is 6.92 Å². The van der Waals surface area contributed by atoms with Gasteiger partial charge >= 0.3 is 0 Å². The van der Waals surface area contributed by atoms with Gasteiger partial charge in [0.05, 0.1) is 12.0 Å². The fourth-order valence-electron chi connectivity index (χ4n) is 2.80. The van der Waals surface area contributed by atoms with Crippen LogP contribution in [0.5, 0.6) is 11.5 Å². The van der Waals surface area contributed by atoms with E-state index in [1.54, 1.807) is 24.3 Å². The van der Waals surface area contributed by atoms with Gasteiger partial charge in [-0.3, -0.25) is 19.3 Å². The smallest absolute Gasteiger partial charge is 0.294 e. The topological polar surface area (TPSA) is 98.9 Å². The van der Waals surface area contributed by atoms with Gasteiger partial charge in [-0.05, 0) is 48.0 Å². The van der Waals surface area contributed by atoms with Gasteiger partial charge in [0.15, 0.2) is 11.5 Å². The van der Waals surface area contributed by atoms with Crippen LogP contribution in [0.4, 0.5) is 4.79 Å². The van der Waals surface area contributed by atoms with Crippen LogP contribution in [0.3, 0.4) is 0 Å². The van der Waals surface area contributed by atoms with Crippen LogP contribution < -0.4 is 15.2 Å². The van der Waals surface area contributed by atoms with E-state index in [1.807, 2.05) is 31.2 Å². The van der Waals surface area contributed by atoms with Gasteiger partial charge in [0.2, 0.25) is 5.91 Å². The molecule has 7 nitrogen and oxygen atoms in total. The Bertz CT molecular complexity index is 1000. The maximum atomic E-state index is 12.3. The monoisotopic (exact) mass is 412 g/mol. The maximum absolute atomic E-state index is 12.3. The first kappa shape index (κ1) is 20.5. The Morgan fingerprint density at radius 1 is 1.17 bits per heavy atom. The molecule has 150 valence electrons. The van der Waals surface area contributed by atoms with Crippen LogP contribution in [0.2, 0.25) is 0 Å². The van der Waals surface area contributed by atoms with Gasteiger partial charge in [-0.25, -0.2) is 0 Å². The number of primary amides is 1. The molecular formula is C21H20N2O5S. The number of hydrogen-bond donors (Lipinski definition) is 1. The molecule has 2 aromatic carbocycles. The number of carbonyl (C=O) groups is 3. The molecule has 0 bridgehead atoms. The number of amides is 3. The number of nitrogens with zero attached hydrogens (tertiary/aromatic N) is 1. The van der Waals surface area contributed by atoms with Crippen molar-refractivity contribution < 1.29 is 23.9 Å². The predicted molar refractivity (Wildman–Crippen MR) is 110 cm³/mol. The third-order valence-corrected chi connectivity index (χ3v) is 5.06. The van der Waals surface area contributed by atoms with Crippen molar-refractivity contribution >= 4 is 34.9 Å². The van der Waals surface area contributed by atoms with Crippen molar-refractivity contribution in [2.45, 2.75) is 13.5 Å². The molecule has 3 rings (SSSR count). The predicted octanol–water partition coefficient (Wildman–Crippen LogP) is 3.10. The lowest BCUT2D eigenvalue weighted by molar-refractivity contribution is -0.127. The van der Waals surface area contributed by atoms with Crippen molar-refractivity contribution in [2.24, 2.45) is 5.73 Å².